The normalized spacial score (nSPS) is 13.8. The number of ether oxygens (including phenoxy) is 1. The number of hydrogen-bond donors (Lipinski definition) is 2. The van der Waals surface area contributed by atoms with Gasteiger partial charge in [0.25, 0.3) is 0 Å². The Morgan fingerprint density at radius 2 is 2.14 bits per heavy atom. The van der Waals surface area contributed by atoms with Gasteiger partial charge in [0.05, 0.1) is 7.11 Å². The summed E-state index contributed by atoms with van der Waals surface area (Å²) in [5.74, 6) is 0. The van der Waals surface area contributed by atoms with E-state index in [1.165, 1.54) is 7.05 Å². The summed E-state index contributed by atoms with van der Waals surface area (Å²) in [5, 5.41) is 0. The van der Waals surface area contributed by atoms with Gasteiger partial charge >= 0.3 is 16.3 Å². The lowest BCUT2D eigenvalue weighted by Crippen LogP contribution is -2.45. The van der Waals surface area contributed by atoms with Crippen molar-refractivity contribution in [2.45, 2.75) is 13.0 Å². The molecule has 14 heavy (non-hydrogen) atoms. The number of nitrogens with zero attached hydrogens (tertiary/aromatic N) is 1. The van der Waals surface area contributed by atoms with Crippen molar-refractivity contribution >= 4 is 16.3 Å². The average Bonchev–Trinajstić information content (AvgIpc) is 2.02. The number of hydrogen-bond acceptors (Lipinski definition) is 5. The Bertz CT molecular complexity index is 287. The van der Waals surface area contributed by atoms with E-state index in [4.69, 9.17) is 5.73 Å². The van der Waals surface area contributed by atoms with Gasteiger partial charge in [0.2, 0.25) is 0 Å². The molecule has 0 bridgehead atoms. The maximum Gasteiger partial charge on any atom is 0.421 e. The molecule has 0 heterocycles. The van der Waals surface area contributed by atoms with E-state index >= 15 is 0 Å². The fourth-order valence-corrected chi connectivity index (χ4v) is 1.61. The number of rotatable bonds is 4. The minimum Gasteiger partial charge on any atom is -0.452 e. The summed E-state index contributed by atoms with van der Waals surface area (Å²) in [6, 6.07) is -0.311. The van der Waals surface area contributed by atoms with E-state index in [1.807, 2.05) is 0 Å². The van der Waals surface area contributed by atoms with Crippen LogP contribution in [0.25, 0.3) is 0 Å². The molecule has 0 aromatic rings. The van der Waals surface area contributed by atoms with Gasteiger partial charge in [-0.05, 0) is 6.92 Å². The summed E-state index contributed by atoms with van der Waals surface area (Å²) >= 11 is 0. The number of carbonyl (C=O) groups excluding carboxylic acids is 1. The van der Waals surface area contributed by atoms with Crippen LogP contribution in [0.15, 0.2) is 0 Å². The van der Waals surface area contributed by atoms with Crippen molar-refractivity contribution in [2.75, 3.05) is 20.7 Å². The Hall–Kier alpha value is -0.860. The zero-order valence-electron chi connectivity index (χ0n) is 8.35. The Labute approximate surface area is 83.4 Å². The van der Waals surface area contributed by atoms with Gasteiger partial charge in [0, 0.05) is 19.6 Å². The zero-order chi connectivity index (χ0) is 11.4. The fraction of sp³-hybridized carbons (Fsp3) is 0.833. The third-order valence-electron chi connectivity index (χ3n) is 1.35. The Morgan fingerprint density at radius 3 is 2.50 bits per heavy atom. The van der Waals surface area contributed by atoms with Crippen LogP contribution in [0.1, 0.15) is 6.92 Å². The van der Waals surface area contributed by atoms with Crippen molar-refractivity contribution in [3.05, 3.63) is 0 Å². The van der Waals surface area contributed by atoms with E-state index in [2.05, 4.69) is 4.74 Å². The molecule has 1 atom stereocenters. The first kappa shape index (κ1) is 13.1. The molecule has 3 N–H and O–H groups in total. The van der Waals surface area contributed by atoms with Gasteiger partial charge < -0.3 is 10.5 Å². The molecular formula is C6H15N3O4S. The molecule has 0 rings (SSSR count). The Balaban J connectivity index is 4.39. The smallest absolute Gasteiger partial charge is 0.421 e. The van der Waals surface area contributed by atoms with E-state index in [0.717, 1.165) is 11.4 Å². The van der Waals surface area contributed by atoms with E-state index in [0.29, 0.717) is 0 Å². The first-order valence-corrected chi connectivity index (χ1v) is 5.31. The summed E-state index contributed by atoms with van der Waals surface area (Å²) in [6.45, 7) is 1.77. The third kappa shape index (κ3) is 4.40. The lowest BCUT2D eigenvalue weighted by atomic mass is 10.4. The predicted octanol–water partition coefficient (Wildman–Crippen LogP) is -1.13. The molecule has 0 spiro atoms. The molecule has 0 aliphatic rings. The molecule has 0 aromatic heterocycles. The highest BCUT2D eigenvalue weighted by Gasteiger charge is 2.21. The monoisotopic (exact) mass is 225 g/mol. The number of amides is 1. The van der Waals surface area contributed by atoms with Crippen LogP contribution in [0.4, 0.5) is 4.79 Å². The van der Waals surface area contributed by atoms with Gasteiger partial charge in [0.15, 0.2) is 0 Å². The fourth-order valence-electron chi connectivity index (χ4n) is 0.729. The van der Waals surface area contributed by atoms with Crippen molar-refractivity contribution in [2.24, 2.45) is 5.73 Å². The van der Waals surface area contributed by atoms with Crippen molar-refractivity contribution < 1.29 is 17.9 Å². The SMILES string of the molecule is COC(=O)NS(=O)(=O)N(C)CC(C)N. The highest BCUT2D eigenvalue weighted by atomic mass is 32.2. The summed E-state index contributed by atoms with van der Waals surface area (Å²) in [6.07, 6.45) is -1.03. The topological polar surface area (TPSA) is 102 Å². The molecule has 1 amide bonds. The average molecular weight is 225 g/mol. The standard InChI is InChI=1S/C6H15N3O4S/c1-5(7)4-9(2)14(11,12)8-6(10)13-3/h5H,4,7H2,1-3H3,(H,8,10). The molecule has 0 aromatic carbocycles. The second-order valence-electron chi connectivity index (χ2n) is 2.86. The molecule has 0 radical (unpaired) electrons. The quantitative estimate of drug-likeness (QED) is 0.630. The predicted molar refractivity (Wildman–Crippen MR) is 50.7 cm³/mol. The first-order valence-electron chi connectivity index (χ1n) is 3.87. The largest absolute Gasteiger partial charge is 0.452 e. The molecular weight excluding hydrogens is 210 g/mol. The van der Waals surface area contributed by atoms with E-state index < -0.39 is 16.3 Å². The molecule has 84 valence electrons. The van der Waals surface area contributed by atoms with Crippen molar-refractivity contribution in [1.82, 2.24) is 9.03 Å². The minimum absolute atomic E-state index is 0.117. The molecule has 0 fully saturated rings. The molecule has 0 aliphatic heterocycles. The number of methoxy groups -OCH3 is 1. The third-order valence-corrected chi connectivity index (χ3v) is 2.75. The van der Waals surface area contributed by atoms with Crippen LogP contribution in [0.5, 0.6) is 0 Å². The second-order valence-corrected chi connectivity index (χ2v) is 4.63. The van der Waals surface area contributed by atoms with Crippen molar-refractivity contribution in [3.8, 4) is 0 Å². The van der Waals surface area contributed by atoms with E-state index in [-0.39, 0.29) is 12.6 Å². The molecule has 8 heteroatoms. The summed E-state index contributed by atoms with van der Waals surface area (Å²) in [5.41, 5.74) is 5.40. The van der Waals surface area contributed by atoms with Crippen LogP contribution in [-0.4, -0.2) is 45.6 Å². The van der Waals surface area contributed by atoms with E-state index in [1.54, 1.807) is 11.6 Å². The van der Waals surface area contributed by atoms with Gasteiger partial charge in [-0.15, -0.1) is 0 Å². The number of nitrogens with one attached hydrogen (secondary N) is 1. The van der Waals surface area contributed by atoms with Crippen LogP contribution < -0.4 is 10.5 Å². The van der Waals surface area contributed by atoms with Gasteiger partial charge in [-0.3, -0.25) is 0 Å². The van der Waals surface area contributed by atoms with Crippen LogP contribution in [0.3, 0.4) is 0 Å². The molecule has 1 unspecified atom stereocenters. The maximum absolute atomic E-state index is 11.3. The van der Waals surface area contributed by atoms with Crippen molar-refractivity contribution in [1.29, 1.82) is 0 Å². The number of carbonyl (C=O) groups is 1. The summed E-state index contributed by atoms with van der Waals surface area (Å²) in [4.78, 5) is 10.6. The maximum atomic E-state index is 11.3. The van der Waals surface area contributed by atoms with Crippen LogP contribution in [0, 0.1) is 0 Å². The lowest BCUT2D eigenvalue weighted by molar-refractivity contribution is 0.177. The zero-order valence-corrected chi connectivity index (χ0v) is 9.17. The first-order chi connectivity index (χ1) is 6.29. The Morgan fingerprint density at radius 1 is 1.64 bits per heavy atom. The Kier molecular flexibility index (Phi) is 4.81. The highest BCUT2D eigenvalue weighted by Crippen LogP contribution is 1.95. The molecule has 0 aliphatic carbocycles. The minimum atomic E-state index is -3.84. The summed E-state index contributed by atoms with van der Waals surface area (Å²) < 4.78 is 29.4. The molecule has 0 saturated carbocycles. The van der Waals surface area contributed by atoms with E-state index in [9.17, 15) is 13.2 Å². The van der Waals surface area contributed by atoms with Gasteiger partial charge in [-0.2, -0.15) is 12.7 Å². The van der Waals surface area contributed by atoms with Gasteiger partial charge in [0.1, 0.15) is 0 Å². The van der Waals surface area contributed by atoms with Gasteiger partial charge in [-0.25, -0.2) is 9.52 Å². The summed E-state index contributed by atoms with van der Waals surface area (Å²) in [7, 11) is -1.44. The van der Waals surface area contributed by atoms with Crippen LogP contribution >= 0.6 is 0 Å². The number of likely N-dealkylation sites (N-methyl/N-ethyl adjacent to an activating group) is 1. The number of nitrogens with two attached hydrogens (primary N) is 1. The van der Waals surface area contributed by atoms with Crippen molar-refractivity contribution in [3.63, 3.8) is 0 Å². The van der Waals surface area contributed by atoms with Crippen LogP contribution in [0.2, 0.25) is 0 Å². The van der Waals surface area contributed by atoms with Gasteiger partial charge in [-0.1, -0.05) is 0 Å². The molecule has 0 saturated heterocycles. The lowest BCUT2D eigenvalue weighted by Gasteiger charge is -2.18. The molecule has 7 nitrogen and oxygen atoms in total. The highest BCUT2D eigenvalue weighted by molar-refractivity contribution is 7.87. The second kappa shape index (κ2) is 5.13. The van der Waals surface area contributed by atoms with Crippen LogP contribution in [-0.2, 0) is 14.9 Å².